The largest absolute Gasteiger partial charge is 0.496 e. The normalized spacial score (nSPS) is 11.4. The van der Waals surface area contributed by atoms with Crippen LogP contribution in [0.3, 0.4) is 0 Å². The van der Waals surface area contributed by atoms with E-state index in [0.717, 1.165) is 27.8 Å². The molecule has 2 aromatic carbocycles. The van der Waals surface area contributed by atoms with Gasteiger partial charge in [-0.25, -0.2) is 9.37 Å². The predicted octanol–water partition coefficient (Wildman–Crippen LogP) is 4.61. The Labute approximate surface area is 188 Å². The first-order valence-corrected chi connectivity index (χ1v) is 10.5. The first-order chi connectivity index (χ1) is 16.0. The molecule has 0 saturated heterocycles. The highest BCUT2D eigenvalue weighted by Gasteiger charge is 2.19. The molecule has 0 spiro atoms. The molecule has 0 radical (unpaired) electrons. The average Bonchev–Trinajstić information content (AvgIpc) is 3.16. The van der Waals surface area contributed by atoms with E-state index in [0.29, 0.717) is 41.0 Å². The van der Waals surface area contributed by atoms with Crippen LogP contribution in [0, 0.1) is 19.7 Å². The van der Waals surface area contributed by atoms with Gasteiger partial charge in [-0.2, -0.15) is 0 Å². The summed E-state index contributed by atoms with van der Waals surface area (Å²) in [6.45, 7) is 4.14. The van der Waals surface area contributed by atoms with Gasteiger partial charge in [0.15, 0.2) is 0 Å². The third-order valence-electron chi connectivity index (χ3n) is 5.83. The summed E-state index contributed by atoms with van der Waals surface area (Å²) in [7, 11) is 1.60. The van der Waals surface area contributed by atoms with E-state index in [9.17, 15) is 9.18 Å². The monoisotopic (exact) mass is 444 g/mol. The van der Waals surface area contributed by atoms with Crippen LogP contribution in [-0.4, -0.2) is 26.8 Å². The number of hydrogen-bond acceptors (Lipinski definition) is 6. The smallest absolute Gasteiger partial charge is 0.269 e. The molecule has 166 valence electrons. The lowest BCUT2D eigenvalue weighted by molar-refractivity contribution is 0.393. The number of halogens is 1. The molecule has 3 heterocycles. The number of ether oxygens (including phenoxy) is 1. The molecule has 0 N–H and O–H groups in total. The number of fused-ring (bicyclic) bond motifs is 3. The molecule has 0 aliphatic heterocycles. The number of methoxy groups -OCH3 is 1. The Hall–Kier alpha value is -4.07. The van der Waals surface area contributed by atoms with Crippen molar-refractivity contribution in [3.8, 4) is 16.9 Å². The Kier molecular flexibility index (Phi) is 5.12. The van der Waals surface area contributed by atoms with Gasteiger partial charge in [-0.05, 0) is 50.1 Å². The van der Waals surface area contributed by atoms with Crippen molar-refractivity contribution in [3.05, 3.63) is 82.0 Å². The van der Waals surface area contributed by atoms with Crippen LogP contribution in [0.5, 0.6) is 5.75 Å². The van der Waals surface area contributed by atoms with E-state index in [-0.39, 0.29) is 11.4 Å². The van der Waals surface area contributed by atoms with E-state index >= 15 is 0 Å². The van der Waals surface area contributed by atoms with Crippen molar-refractivity contribution in [3.63, 3.8) is 0 Å². The van der Waals surface area contributed by atoms with Gasteiger partial charge >= 0.3 is 0 Å². The van der Waals surface area contributed by atoms with Gasteiger partial charge in [0.05, 0.1) is 41.8 Å². The van der Waals surface area contributed by atoms with Crippen LogP contribution in [0.1, 0.15) is 17.0 Å². The van der Waals surface area contributed by atoms with Crippen molar-refractivity contribution in [1.29, 1.82) is 0 Å². The van der Waals surface area contributed by atoms with Gasteiger partial charge in [-0.1, -0.05) is 17.3 Å². The van der Waals surface area contributed by atoms with Crippen molar-refractivity contribution in [2.45, 2.75) is 26.8 Å². The van der Waals surface area contributed by atoms with Gasteiger partial charge in [-0.15, -0.1) is 0 Å². The third kappa shape index (κ3) is 3.63. The minimum absolute atomic E-state index is 0.217. The Morgan fingerprint density at radius 3 is 2.52 bits per heavy atom. The molecule has 3 aromatic heterocycles. The Bertz CT molecular complexity index is 1540. The topological polar surface area (TPSA) is 83.0 Å². The number of benzene rings is 2. The van der Waals surface area contributed by atoms with Crippen LogP contribution < -0.4 is 10.3 Å². The fourth-order valence-electron chi connectivity index (χ4n) is 4.22. The molecule has 7 nitrogen and oxygen atoms in total. The molecule has 0 bridgehead atoms. The van der Waals surface area contributed by atoms with Crippen LogP contribution in [0.25, 0.3) is 33.1 Å². The molecule has 0 aliphatic carbocycles. The molecule has 0 saturated carbocycles. The van der Waals surface area contributed by atoms with Crippen LogP contribution in [0.2, 0.25) is 0 Å². The lowest BCUT2D eigenvalue weighted by atomic mass is 10.00. The molecule has 5 aromatic rings. The highest BCUT2D eigenvalue weighted by Crippen LogP contribution is 2.38. The first-order valence-electron chi connectivity index (χ1n) is 10.5. The van der Waals surface area contributed by atoms with E-state index < -0.39 is 0 Å². The van der Waals surface area contributed by atoms with E-state index in [1.807, 2.05) is 26.0 Å². The van der Waals surface area contributed by atoms with Crippen molar-refractivity contribution >= 4 is 21.9 Å². The number of aromatic nitrogens is 4. The average molecular weight is 444 g/mol. The molecule has 0 unspecified atom stereocenters. The number of hydrogen-bond donors (Lipinski definition) is 0. The third-order valence-corrected chi connectivity index (χ3v) is 5.83. The molecule has 0 aliphatic rings. The summed E-state index contributed by atoms with van der Waals surface area (Å²) >= 11 is 0. The molecule has 0 amide bonds. The molecule has 5 rings (SSSR count). The number of nitrogens with zero attached hydrogens (tertiary/aromatic N) is 4. The molecule has 0 fully saturated rings. The Morgan fingerprint density at radius 2 is 1.82 bits per heavy atom. The summed E-state index contributed by atoms with van der Waals surface area (Å²) < 4.78 is 26.0. The van der Waals surface area contributed by atoms with Crippen molar-refractivity contribution in [2.75, 3.05) is 7.11 Å². The quantitative estimate of drug-likeness (QED) is 0.368. The summed E-state index contributed by atoms with van der Waals surface area (Å²) in [6, 6.07) is 10.1. The Balaban J connectivity index is 1.70. The van der Waals surface area contributed by atoms with Crippen LogP contribution in [0.15, 0.2) is 58.1 Å². The first kappa shape index (κ1) is 20.8. The standard InChI is InChI=1S/C25H21FN4O3/c1-14-24(15(2)33-29-14)19-10-20-18(11-22(19)32-3)25-21(12-27-20)28-13-23(31)30(25)9-8-16-4-6-17(26)7-5-16/h4-7,10-13H,8-9H2,1-3H3. The molecular weight excluding hydrogens is 423 g/mol. The summed E-state index contributed by atoms with van der Waals surface area (Å²) in [5.74, 6) is 1.01. The maximum Gasteiger partial charge on any atom is 0.269 e. The maximum absolute atomic E-state index is 13.3. The highest BCUT2D eigenvalue weighted by molar-refractivity contribution is 6.04. The Morgan fingerprint density at radius 1 is 1.06 bits per heavy atom. The van der Waals surface area contributed by atoms with E-state index in [1.165, 1.54) is 18.3 Å². The van der Waals surface area contributed by atoms with E-state index in [4.69, 9.17) is 9.26 Å². The summed E-state index contributed by atoms with van der Waals surface area (Å²) in [6.07, 6.45) is 3.53. The van der Waals surface area contributed by atoms with Gasteiger partial charge in [0.25, 0.3) is 5.56 Å². The maximum atomic E-state index is 13.3. The molecule has 33 heavy (non-hydrogen) atoms. The minimum atomic E-state index is -0.288. The molecule has 0 atom stereocenters. The lowest BCUT2D eigenvalue weighted by Crippen LogP contribution is -2.22. The number of rotatable bonds is 5. The zero-order valence-electron chi connectivity index (χ0n) is 18.4. The second kappa shape index (κ2) is 8.12. The molecular formula is C25H21FN4O3. The van der Waals surface area contributed by atoms with Crippen LogP contribution in [-0.2, 0) is 13.0 Å². The zero-order chi connectivity index (χ0) is 23.1. The summed E-state index contributed by atoms with van der Waals surface area (Å²) in [5, 5.41) is 4.81. The summed E-state index contributed by atoms with van der Waals surface area (Å²) in [4.78, 5) is 21.7. The predicted molar refractivity (Wildman–Crippen MR) is 123 cm³/mol. The van der Waals surface area contributed by atoms with Gasteiger partial charge in [0.1, 0.15) is 22.8 Å². The SMILES string of the molecule is COc1cc2c(cc1-c1c(C)noc1C)ncc1ncc(=O)n(CCc3ccc(F)cc3)c12. The van der Waals surface area contributed by atoms with Gasteiger partial charge < -0.3 is 13.8 Å². The zero-order valence-corrected chi connectivity index (χ0v) is 18.4. The lowest BCUT2D eigenvalue weighted by Gasteiger charge is -2.14. The highest BCUT2D eigenvalue weighted by atomic mass is 19.1. The fourth-order valence-corrected chi connectivity index (χ4v) is 4.22. The number of aryl methyl sites for hydroxylation is 4. The second-order valence-corrected chi connectivity index (χ2v) is 7.89. The van der Waals surface area contributed by atoms with Crippen molar-refractivity contribution in [1.82, 2.24) is 19.7 Å². The van der Waals surface area contributed by atoms with Gasteiger partial charge in [0.2, 0.25) is 0 Å². The van der Waals surface area contributed by atoms with E-state index in [1.54, 1.807) is 30.0 Å². The number of pyridine rings is 1. The second-order valence-electron chi connectivity index (χ2n) is 7.89. The van der Waals surface area contributed by atoms with Gasteiger partial charge in [0, 0.05) is 17.5 Å². The van der Waals surface area contributed by atoms with E-state index in [2.05, 4.69) is 15.1 Å². The van der Waals surface area contributed by atoms with Crippen molar-refractivity contribution < 1.29 is 13.7 Å². The minimum Gasteiger partial charge on any atom is -0.496 e. The van der Waals surface area contributed by atoms with Crippen LogP contribution in [0.4, 0.5) is 4.39 Å². The fraction of sp³-hybridized carbons (Fsp3) is 0.200. The summed E-state index contributed by atoms with van der Waals surface area (Å²) in [5.41, 5.74) is 5.13. The van der Waals surface area contributed by atoms with Gasteiger partial charge in [-0.3, -0.25) is 9.78 Å². The molecule has 8 heteroatoms. The van der Waals surface area contributed by atoms with Crippen molar-refractivity contribution in [2.24, 2.45) is 0 Å². The van der Waals surface area contributed by atoms with Crippen LogP contribution >= 0.6 is 0 Å².